The van der Waals surface area contributed by atoms with Crippen LogP contribution in [0.1, 0.15) is 26.2 Å². The second kappa shape index (κ2) is 5.24. The predicted molar refractivity (Wildman–Crippen MR) is 68.8 cm³/mol. The minimum atomic E-state index is -3.65. The molecule has 0 amide bonds. The molecular formula is C12H18N2O3S. The van der Waals surface area contributed by atoms with Crippen LogP contribution in [0.4, 0.5) is 0 Å². The van der Waals surface area contributed by atoms with E-state index in [1.165, 1.54) is 22.8 Å². The van der Waals surface area contributed by atoms with Crippen LogP contribution >= 0.6 is 0 Å². The fourth-order valence-electron chi connectivity index (χ4n) is 2.32. The highest BCUT2D eigenvalue weighted by Crippen LogP contribution is 2.23. The number of sulfonamides is 1. The fourth-order valence-corrected chi connectivity index (χ4v) is 3.91. The molecule has 1 aliphatic rings. The third kappa shape index (κ3) is 2.49. The van der Waals surface area contributed by atoms with Gasteiger partial charge < -0.3 is 4.98 Å². The molecule has 0 aromatic carbocycles. The molecule has 1 atom stereocenters. The molecule has 1 unspecified atom stereocenters. The van der Waals surface area contributed by atoms with Crippen LogP contribution in [0, 0.1) is 5.92 Å². The van der Waals surface area contributed by atoms with Gasteiger partial charge in [-0.3, -0.25) is 4.79 Å². The maximum Gasteiger partial charge on any atom is 0.248 e. The van der Waals surface area contributed by atoms with Crippen LogP contribution in [0.3, 0.4) is 0 Å². The second-order valence-electron chi connectivity index (χ2n) is 4.65. The number of nitrogens with zero attached hydrogens (tertiary/aromatic N) is 1. The number of aromatic amines is 1. The largest absolute Gasteiger partial charge is 0.366 e. The van der Waals surface area contributed by atoms with E-state index < -0.39 is 15.5 Å². The van der Waals surface area contributed by atoms with Crippen molar-refractivity contribution in [1.29, 1.82) is 0 Å². The van der Waals surface area contributed by atoms with Crippen LogP contribution in [-0.2, 0) is 10.0 Å². The highest BCUT2D eigenvalue weighted by molar-refractivity contribution is 7.89. The van der Waals surface area contributed by atoms with E-state index in [1.54, 1.807) is 0 Å². The Kier molecular flexibility index (Phi) is 3.87. The minimum absolute atomic E-state index is 0.151. The normalized spacial score (nSPS) is 21.9. The lowest BCUT2D eigenvalue weighted by Gasteiger charge is -2.31. The summed E-state index contributed by atoms with van der Waals surface area (Å²) in [5, 5.41) is 0. The number of H-pyrrole nitrogens is 1. The van der Waals surface area contributed by atoms with E-state index in [9.17, 15) is 13.2 Å². The van der Waals surface area contributed by atoms with Crippen molar-refractivity contribution >= 4 is 10.0 Å². The van der Waals surface area contributed by atoms with Crippen molar-refractivity contribution < 1.29 is 8.42 Å². The van der Waals surface area contributed by atoms with E-state index in [-0.39, 0.29) is 4.90 Å². The van der Waals surface area contributed by atoms with Gasteiger partial charge in [-0.25, -0.2) is 8.42 Å². The quantitative estimate of drug-likeness (QED) is 0.896. The summed E-state index contributed by atoms with van der Waals surface area (Å²) in [6.45, 7) is 3.09. The van der Waals surface area contributed by atoms with Crippen molar-refractivity contribution in [2.24, 2.45) is 5.92 Å². The Balaban J connectivity index is 2.32. The molecule has 6 heteroatoms. The Morgan fingerprint density at radius 2 is 2.28 bits per heavy atom. The average Bonchev–Trinajstić information content (AvgIpc) is 2.39. The molecule has 2 rings (SSSR count). The third-order valence-electron chi connectivity index (χ3n) is 3.47. The van der Waals surface area contributed by atoms with Gasteiger partial charge in [-0.2, -0.15) is 4.31 Å². The van der Waals surface area contributed by atoms with Gasteiger partial charge in [0, 0.05) is 31.5 Å². The fraction of sp³-hybridized carbons (Fsp3) is 0.583. The van der Waals surface area contributed by atoms with Gasteiger partial charge in [0.2, 0.25) is 15.5 Å². The molecule has 1 fully saturated rings. The summed E-state index contributed by atoms with van der Waals surface area (Å²) in [7, 11) is -3.65. The summed E-state index contributed by atoms with van der Waals surface area (Å²) in [5.41, 5.74) is -0.452. The van der Waals surface area contributed by atoms with Gasteiger partial charge in [0.1, 0.15) is 4.90 Å². The Hall–Kier alpha value is -1.14. The third-order valence-corrected chi connectivity index (χ3v) is 5.35. The van der Waals surface area contributed by atoms with Crippen LogP contribution in [-0.4, -0.2) is 30.8 Å². The Morgan fingerprint density at radius 1 is 1.50 bits per heavy atom. The van der Waals surface area contributed by atoms with E-state index in [0.717, 1.165) is 19.3 Å². The summed E-state index contributed by atoms with van der Waals surface area (Å²) < 4.78 is 26.2. The Bertz CT molecular complexity index is 565. The molecule has 5 nitrogen and oxygen atoms in total. The summed E-state index contributed by atoms with van der Waals surface area (Å²) in [4.78, 5) is 14.1. The summed E-state index contributed by atoms with van der Waals surface area (Å²) in [6.07, 6.45) is 5.60. The highest BCUT2D eigenvalue weighted by Gasteiger charge is 2.30. The molecule has 1 N–H and O–H groups in total. The number of pyridine rings is 1. The van der Waals surface area contributed by atoms with Crippen LogP contribution < -0.4 is 5.43 Å². The molecule has 0 radical (unpaired) electrons. The first kappa shape index (κ1) is 13.3. The molecule has 0 saturated carbocycles. The Morgan fingerprint density at radius 3 is 2.94 bits per heavy atom. The van der Waals surface area contributed by atoms with Crippen LogP contribution in [0.5, 0.6) is 0 Å². The SMILES string of the molecule is CCC1CCCN(S(=O)(=O)c2c[nH]ccc2=O)C1. The first-order valence-electron chi connectivity index (χ1n) is 6.23. The summed E-state index contributed by atoms with van der Waals surface area (Å²) in [5.74, 6) is 0.399. The molecule has 0 bridgehead atoms. The molecule has 100 valence electrons. The van der Waals surface area contributed by atoms with E-state index in [1.807, 2.05) is 0 Å². The maximum atomic E-state index is 12.4. The maximum absolute atomic E-state index is 12.4. The molecule has 0 spiro atoms. The first-order chi connectivity index (χ1) is 8.55. The van der Waals surface area contributed by atoms with Crippen molar-refractivity contribution in [3.63, 3.8) is 0 Å². The average molecular weight is 270 g/mol. The van der Waals surface area contributed by atoms with Crippen molar-refractivity contribution in [2.75, 3.05) is 13.1 Å². The molecule has 1 aliphatic heterocycles. The van der Waals surface area contributed by atoms with Crippen molar-refractivity contribution in [3.8, 4) is 0 Å². The zero-order valence-electron chi connectivity index (χ0n) is 10.4. The van der Waals surface area contributed by atoms with Crippen molar-refractivity contribution in [2.45, 2.75) is 31.1 Å². The molecule has 1 aromatic rings. The lowest BCUT2D eigenvalue weighted by Crippen LogP contribution is -2.41. The number of hydrogen-bond acceptors (Lipinski definition) is 3. The summed E-state index contributed by atoms with van der Waals surface area (Å²) >= 11 is 0. The number of nitrogens with one attached hydrogen (secondary N) is 1. The molecule has 0 aliphatic carbocycles. The van der Waals surface area contributed by atoms with Gasteiger partial charge in [-0.1, -0.05) is 13.3 Å². The number of rotatable bonds is 3. The van der Waals surface area contributed by atoms with E-state index in [0.29, 0.717) is 19.0 Å². The number of aromatic nitrogens is 1. The van der Waals surface area contributed by atoms with Crippen molar-refractivity contribution in [1.82, 2.24) is 9.29 Å². The molecular weight excluding hydrogens is 252 g/mol. The molecule has 18 heavy (non-hydrogen) atoms. The lowest BCUT2D eigenvalue weighted by molar-refractivity contribution is 0.261. The highest BCUT2D eigenvalue weighted by atomic mass is 32.2. The number of piperidine rings is 1. The van der Waals surface area contributed by atoms with Crippen molar-refractivity contribution in [3.05, 3.63) is 28.7 Å². The summed E-state index contributed by atoms with van der Waals surface area (Å²) in [6, 6.07) is 1.24. The van der Waals surface area contributed by atoms with E-state index in [2.05, 4.69) is 11.9 Å². The van der Waals surface area contributed by atoms with Crippen LogP contribution in [0.2, 0.25) is 0 Å². The Labute approximate surface area is 107 Å². The smallest absolute Gasteiger partial charge is 0.248 e. The second-order valence-corrected chi connectivity index (χ2v) is 6.56. The first-order valence-corrected chi connectivity index (χ1v) is 7.67. The zero-order valence-corrected chi connectivity index (χ0v) is 11.2. The minimum Gasteiger partial charge on any atom is -0.366 e. The predicted octanol–water partition coefficient (Wildman–Crippen LogP) is 1.19. The van der Waals surface area contributed by atoms with Gasteiger partial charge >= 0.3 is 0 Å². The van der Waals surface area contributed by atoms with Gasteiger partial charge in [0.15, 0.2) is 0 Å². The lowest BCUT2D eigenvalue weighted by atomic mass is 9.97. The van der Waals surface area contributed by atoms with Gasteiger partial charge in [0.05, 0.1) is 0 Å². The van der Waals surface area contributed by atoms with Gasteiger partial charge in [-0.05, 0) is 18.8 Å². The standard InChI is InChI=1S/C12H18N2O3S/c1-2-10-4-3-7-14(9-10)18(16,17)12-8-13-6-5-11(12)15/h5-6,8,10H,2-4,7,9H2,1H3,(H,13,15). The van der Waals surface area contributed by atoms with E-state index in [4.69, 9.17) is 0 Å². The zero-order chi connectivity index (χ0) is 13.2. The van der Waals surface area contributed by atoms with E-state index >= 15 is 0 Å². The monoisotopic (exact) mass is 270 g/mol. The van der Waals surface area contributed by atoms with Crippen LogP contribution in [0.15, 0.2) is 28.2 Å². The van der Waals surface area contributed by atoms with Gasteiger partial charge in [0.25, 0.3) is 0 Å². The van der Waals surface area contributed by atoms with Crippen LogP contribution in [0.25, 0.3) is 0 Å². The molecule has 1 aromatic heterocycles. The molecule has 1 saturated heterocycles. The topological polar surface area (TPSA) is 70.2 Å². The van der Waals surface area contributed by atoms with Gasteiger partial charge in [-0.15, -0.1) is 0 Å². The molecule has 2 heterocycles. The number of hydrogen-bond donors (Lipinski definition) is 1.